The fraction of sp³-hybridized carbons (Fsp3) is 0.867. The van der Waals surface area contributed by atoms with Crippen molar-refractivity contribution < 1.29 is 14.7 Å². The van der Waals surface area contributed by atoms with Gasteiger partial charge >= 0.3 is 5.97 Å². The summed E-state index contributed by atoms with van der Waals surface area (Å²) in [6, 6.07) is -0.703. The van der Waals surface area contributed by atoms with E-state index in [0.717, 1.165) is 25.7 Å². The van der Waals surface area contributed by atoms with Gasteiger partial charge in [0.1, 0.15) is 6.04 Å². The van der Waals surface area contributed by atoms with Crippen LogP contribution in [0.5, 0.6) is 0 Å². The highest BCUT2D eigenvalue weighted by atomic mass is 32.2. The van der Waals surface area contributed by atoms with E-state index < -0.39 is 17.6 Å². The molecular formula is C15H24N2O3S. The number of carboxylic acids is 1. The third kappa shape index (κ3) is 2.80. The van der Waals surface area contributed by atoms with Gasteiger partial charge in [-0.15, -0.1) is 11.8 Å². The molecule has 2 saturated carbocycles. The highest BCUT2D eigenvalue weighted by Crippen LogP contribution is 2.47. The molecule has 0 aromatic heterocycles. The molecule has 1 saturated heterocycles. The van der Waals surface area contributed by atoms with E-state index in [1.807, 2.05) is 0 Å². The van der Waals surface area contributed by atoms with Crippen LogP contribution in [0, 0.1) is 11.8 Å². The molecule has 21 heavy (non-hydrogen) atoms. The fourth-order valence-corrected chi connectivity index (χ4v) is 5.39. The fourth-order valence-electron chi connectivity index (χ4n) is 3.76. The highest BCUT2D eigenvalue weighted by molar-refractivity contribution is 8.00. The summed E-state index contributed by atoms with van der Waals surface area (Å²) >= 11 is 1.62. The molecule has 0 aromatic carbocycles. The SMILES string of the molecule is CC1CCCC(N)(C(=O)N2C(C(=O)O)CSC2C2CC2)C1. The highest BCUT2D eigenvalue weighted by Gasteiger charge is 2.52. The average molecular weight is 312 g/mol. The Labute approximate surface area is 129 Å². The maximum atomic E-state index is 13.0. The number of nitrogens with two attached hydrogens (primary N) is 1. The van der Waals surface area contributed by atoms with Crippen molar-refractivity contribution in [2.24, 2.45) is 17.6 Å². The lowest BCUT2D eigenvalue weighted by Crippen LogP contribution is -2.61. The summed E-state index contributed by atoms with van der Waals surface area (Å²) < 4.78 is 0. The molecule has 5 nitrogen and oxygen atoms in total. The minimum absolute atomic E-state index is 0.0243. The average Bonchev–Trinajstić information content (AvgIpc) is 3.16. The summed E-state index contributed by atoms with van der Waals surface area (Å²) in [5, 5.41) is 9.46. The number of rotatable bonds is 3. The molecule has 3 rings (SSSR count). The molecule has 6 heteroatoms. The van der Waals surface area contributed by atoms with Crippen LogP contribution in [0.3, 0.4) is 0 Å². The first kappa shape index (κ1) is 15.2. The van der Waals surface area contributed by atoms with Gasteiger partial charge in [0.25, 0.3) is 0 Å². The van der Waals surface area contributed by atoms with E-state index in [9.17, 15) is 14.7 Å². The summed E-state index contributed by atoms with van der Waals surface area (Å²) in [6.45, 7) is 2.12. The Kier molecular flexibility index (Phi) is 3.94. The van der Waals surface area contributed by atoms with Gasteiger partial charge < -0.3 is 15.7 Å². The zero-order valence-electron chi connectivity index (χ0n) is 12.5. The molecule has 1 heterocycles. The van der Waals surface area contributed by atoms with Crippen LogP contribution < -0.4 is 5.73 Å². The topological polar surface area (TPSA) is 83.6 Å². The predicted molar refractivity (Wildman–Crippen MR) is 81.8 cm³/mol. The second-order valence-electron chi connectivity index (χ2n) is 6.99. The number of thioether (sulfide) groups is 1. The van der Waals surface area contributed by atoms with Crippen LogP contribution >= 0.6 is 11.8 Å². The molecule has 1 aliphatic heterocycles. The van der Waals surface area contributed by atoms with Gasteiger partial charge in [-0.3, -0.25) is 4.79 Å². The summed E-state index contributed by atoms with van der Waals surface area (Å²) in [5.41, 5.74) is 5.57. The Morgan fingerprint density at radius 1 is 1.33 bits per heavy atom. The molecule has 4 unspecified atom stereocenters. The van der Waals surface area contributed by atoms with Crippen molar-refractivity contribution in [3.05, 3.63) is 0 Å². The van der Waals surface area contributed by atoms with Gasteiger partial charge in [0.15, 0.2) is 0 Å². The molecule has 3 aliphatic rings. The van der Waals surface area contributed by atoms with Crippen molar-refractivity contribution in [3.8, 4) is 0 Å². The van der Waals surface area contributed by atoms with Crippen LogP contribution in [0.15, 0.2) is 0 Å². The van der Waals surface area contributed by atoms with Crippen LogP contribution in [0.2, 0.25) is 0 Å². The van der Waals surface area contributed by atoms with E-state index in [2.05, 4.69) is 6.92 Å². The first-order valence-electron chi connectivity index (χ1n) is 7.88. The van der Waals surface area contributed by atoms with Crippen molar-refractivity contribution in [3.63, 3.8) is 0 Å². The quantitative estimate of drug-likeness (QED) is 0.828. The Morgan fingerprint density at radius 2 is 2.05 bits per heavy atom. The van der Waals surface area contributed by atoms with E-state index in [-0.39, 0.29) is 11.3 Å². The number of aliphatic carboxylic acids is 1. The van der Waals surface area contributed by atoms with Gasteiger partial charge in [-0.1, -0.05) is 19.8 Å². The molecular weight excluding hydrogens is 288 g/mol. The Bertz CT molecular complexity index is 454. The van der Waals surface area contributed by atoms with Gasteiger partial charge in [-0.05, 0) is 37.5 Å². The van der Waals surface area contributed by atoms with E-state index in [1.54, 1.807) is 16.7 Å². The summed E-state index contributed by atoms with van der Waals surface area (Å²) in [7, 11) is 0. The first-order valence-corrected chi connectivity index (χ1v) is 8.93. The lowest BCUT2D eigenvalue weighted by Gasteiger charge is -2.40. The first-order chi connectivity index (χ1) is 9.92. The van der Waals surface area contributed by atoms with Crippen LogP contribution in [0.25, 0.3) is 0 Å². The zero-order chi connectivity index (χ0) is 15.2. The number of nitrogens with zero attached hydrogens (tertiary/aromatic N) is 1. The number of carboxylic acid groups (broad SMARTS) is 1. The standard InChI is InChI=1S/C15H24N2O3S/c1-9-3-2-6-15(16,7-9)14(20)17-11(13(18)19)8-21-12(17)10-4-5-10/h9-12H,2-8,16H2,1H3,(H,18,19). The monoisotopic (exact) mass is 312 g/mol. The van der Waals surface area contributed by atoms with Crippen molar-refractivity contribution in [1.29, 1.82) is 0 Å². The van der Waals surface area contributed by atoms with E-state index in [1.165, 1.54) is 0 Å². The van der Waals surface area contributed by atoms with Crippen molar-refractivity contribution in [2.45, 2.75) is 62.4 Å². The Morgan fingerprint density at radius 3 is 2.62 bits per heavy atom. The zero-order valence-corrected chi connectivity index (χ0v) is 13.3. The number of hydrogen-bond acceptors (Lipinski definition) is 4. The lowest BCUT2D eigenvalue weighted by molar-refractivity contribution is -0.152. The molecule has 0 aromatic rings. The molecule has 118 valence electrons. The molecule has 4 atom stereocenters. The third-order valence-corrected chi connectivity index (χ3v) is 6.50. The minimum atomic E-state index is -0.897. The third-order valence-electron chi connectivity index (χ3n) is 5.04. The van der Waals surface area contributed by atoms with Crippen LogP contribution in [0.4, 0.5) is 0 Å². The summed E-state index contributed by atoms with van der Waals surface area (Å²) in [4.78, 5) is 26.2. The van der Waals surface area contributed by atoms with Crippen LogP contribution in [-0.4, -0.2) is 44.6 Å². The van der Waals surface area contributed by atoms with Crippen LogP contribution in [-0.2, 0) is 9.59 Å². The molecule has 3 fully saturated rings. The van der Waals surface area contributed by atoms with Gasteiger partial charge in [-0.2, -0.15) is 0 Å². The van der Waals surface area contributed by atoms with Gasteiger partial charge in [0.05, 0.1) is 10.9 Å². The van der Waals surface area contributed by atoms with Crippen molar-refractivity contribution in [2.75, 3.05) is 5.75 Å². The summed E-state index contributed by atoms with van der Waals surface area (Å²) in [6.07, 6.45) is 5.62. The van der Waals surface area contributed by atoms with Gasteiger partial charge in [0.2, 0.25) is 5.91 Å². The molecule has 0 radical (unpaired) electrons. The molecule has 0 spiro atoms. The Hall–Kier alpha value is -0.750. The van der Waals surface area contributed by atoms with Crippen molar-refractivity contribution in [1.82, 2.24) is 4.90 Å². The lowest BCUT2D eigenvalue weighted by atomic mass is 9.76. The van der Waals surface area contributed by atoms with E-state index >= 15 is 0 Å². The predicted octanol–water partition coefficient (Wildman–Crippen LogP) is 1.66. The number of carbonyl (C=O) groups excluding carboxylic acids is 1. The largest absolute Gasteiger partial charge is 0.480 e. The second-order valence-corrected chi connectivity index (χ2v) is 8.14. The minimum Gasteiger partial charge on any atom is -0.480 e. The molecule has 3 N–H and O–H groups in total. The number of amides is 1. The van der Waals surface area contributed by atoms with Crippen LogP contribution in [0.1, 0.15) is 45.4 Å². The second kappa shape index (κ2) is 5.47. The summed E-state index contributed by atoms with van der Waals surface area (Å²) in [5.74, 6) is 0.377. The molecule has 1 amide bonds. The van der Waals surface area contributed by atoms with E-state index in [4.69, 9.17) is 5.73 Å². The molecule has 0 bridgehead atoms. The molecule has 2 aliphatic carbocycles. The maximum absolute atomic E-state index is 13.0. The van der Waals surface area contributed by atoms with Gasteiger partial charge in [0, 0.05) is 5.75 Å². The van der Waals surface area contributed by atoms with Gasteiger partial charge in [-0.25, -0.2) is 4.79 Å². The normalized spacial score (nSPS) is 40.3. The number of carbonyl (C=O) groups is 2. The smallest absolute Gasteiger partial charge is 0.327 e. The van der Waals surface area contributed by atoms with E-state index in [0.29, 0.717) is 30.4 Å². The van der Waals surface area contributed by atoms with Crippen molar-refractivity contribution >= 4 is 23.6 Å². The number of hydrogen-bond donors (Lipinski definition) is 2. The maximum Gasteiger partial charge on any atom is 0.327 e. The Balaban J connectivity index is 1.83.